The third kappa shape index (κ3) is 2.03. The number of halogens is 4. The van der Waals surface area contributed by atoms with E-state index in [1.54, 1.807) is 0 Å². The topological polar surface area (TPSA) is 50.2 Å². The van der Waals surface area contributed by atoms with Gasteiger partial charge in [-0.15, -0.1) is 0 Å². The molecule has 14 heavy (non-hydrogen) atoms. The van der Waals surface area contributed by atoms with Crippen molar-refractivity contribution in [2.24, 2.45) is 0 Å². The van der Waals surface area contributed by atoms with Gasteiger partial charge in [0.25, 0.3) is 6.43 Å². The molecule has 0 saturated carbocycles. The summed E-state index contributed by atoms with van der Waals surface area (Å²) in [5, 5.41) is 8.51. The average Bonchev–Trinajstić information content (AvgIpc) is 2.01. The average molecular weight is 270 g/mol. The molecule has 0 radical (unpaired) electrons. The number of carboxylic acids is 1. The second-order valence-corrected chi connectivity index (χ2v) is 3.12. The minimum atomic E-state index is -3.21. The van der Waals surface area contributed by atoms with Crippen LogP contribution in [0.1, 0.15) is 22.3 Å². The number of hydrogen-bond donors (Lipinski definition) is 1. The van der Waals surface area contributed by atoms with E-state index >= 15 is 0 Å². The Kier molecular flexibility index (Phi) is 3.10. The molecule has 0 fully saturated rings. The van der Waals surface area contributed by atoms with Gasteiger partial charge in [0.15, 0.2) is 0 Å². The molecule has 0 aliphatic rings. The molecule has 0 spiro atoms. The highest BCUT2D eigenvalue weighted by Crippen LogP contribution is 2.26. The minimum Gasteiger partial charge on any atom is -0.478 e. The first-order valence-electron chi connectivity index (χ1n) is 3.31. The first kappa shape index (κ1) is 11.0. The number of aromatic carboxylic acids is 1. The van der Waals surface area contributed by atoms with E-state index in [2.05, 4.69) is 20.9 Å². The van der Waals surface area contributed by atoms with Crippen LogP contribution in [-0.2, 0) is 0 Å². The first-order chi connectivity index (χ1) is 6.43. The largest absolute Gasteiger partial charge is 0.478 e. The van der Waals surface area contributed by atoms with Crippen LogP contribution in [0.5, 0.6) is 0 Å². The smallest absolute Gasteiger partial charge is 0.336 e. The molecular formula is C7H3BrF3NO2. The van der Waals surface area contributed by atoms with Crippen molar-refractivity contribution in [3.8, 4) is 0 Å². The predicted octanol–water partition coefficient (Wildman–Crippen LogP) is 2.62. The molecule has 0 amide bonds. The highest BCUT2D eigenvalue weighted by Gasteiger charge is 2.24. The number of aromatic nitrogens is 1. The molecule has 1 aromatic heterocycles. The number of alkyl halides is 2. The van der Waals surface area contributed by atoms with E-state index < -0.39 is 29.5 Å². The summed E-state index contributed by atoms with van der Waals surface area (Å²) in [5.74, 6) is -3.10. The second kappa shape index (κ2) is 3.95. The maximum Gasteiger partial charge on any atom is 0.336 e. The Morgan fingerprint density at radius 3 is 2.57 bits per heavy atom. The number of carbonyl (C=O) groups is 1. The Bertz CT molecular complexity index is 383. The van der Waals surface area contributed by atoms with Gasteiger partial charge in [0.05, 0.1) is 11.1 Å². The van der Waals surface area contributed by atoms with Crippen molar-refractivity contribution in [1.29, 1.82) is 0 Å². The molecule has 0 atom stereocenters. The highest BCUT2D eigenvalue weighted by atomic mass is 79.9. The summed E-state index contributed by atoms with van der Waals surface area (Å²) in [6.45, 7) is 0. The van der Waals surface area contributed by atoms with Crippen LogP contribution in [-0.4, -0.2) is 16.1 Å². The van der Waals surface area contributed by atoms with Gasteiger partial charge in [-0.2, -0.15) is 4.39 Å². The molecule has 1 heterocycles. The quantitative estimate of drug-likeness (QED) is 0.840. The molecule has 0 aliphatic heterocycles. The van der Waals surface area contributed by atoms with Crippen LogP contribution in [0.2, 0.25) is 0 Å². The van der Waals surface area contributed by atoms with Crippen molar-refractivity contribution >= 4 is 21.9 Å². The summed E-state index contributed by atoms with van der Waals surface area (Å²) in [7, 11) is 0. The SMILES string of the molecule is O=C(O)c1cc(Br)nc(F)c1C(F)F. The molecule has 76 valence electrons. The van der Waals surface area contributed by atoms with Gasteiger partial charge >= 0.3 is 5.97 Å². The number of pyridine rings is 1. The Morgan fingerprint density at radius 1 is 1.57 bits per heavy atom. The van der Waals surface area contributed by atoms with Gasteiger partial charge < -0.3 is 5.11 Å². The Labute approximate surface area is 84.7 Å². The summed E-state index contributed by atoms with van der Waals surface area (Å²) in [6, 6.07) is 0.826. The summed E-state index contributed by atoms with van der Waals surface area (Å²) >= 11 is 2.71. The maximum absolute atomic E-state index is 12.8. The van der Waals surface area contributed by atoms with Gasteiger partial charge in [0.2, 0.25) is 5.95 Å². The summed E-state index contributed by atoms with van der Waals surface area (Å²) in [6.07, 6.45) is -3.21. The van der Waals surface area contributed by atoms with Crippen LogP contribution < -0.4 is 0 Å². The molecule has 3 nitrogen and oxygen atoms in total. The third-order valence-corrected chi connectivity index (χ3v) is 1.84. The molecule has 7 heteroatoms. The maximum atomic E-state index is 12.8. The van der Waals surface area contributed by atoms with Crippen LogP contribution in [0, 0.1) is 5.95 Å². The summed E-state index contributed by atoms with van der Waals surface area (Å²) < 4.78 is 37.1. The molecule has 0 aromatic carbocycles. The van der Waals surface area contributed by atoms with E-state index in [4.69, 9.17) is 5.11 Å². The van der Waals surface area contributed by atoms with E-state index in [1.807, 2.05) is 0 Å². The van der Waals surface area contributed by atoms with Crippen molar-refractivity contribution in [3.63, 3.8) is 0 Å². The van der Waals surface area contributed by atoms with Crippen molar-refractivity contribution in [1.82, 2.24) is 4.98 Å². The normalized spacial score (nSPS) is 10.6. The van der Waals surface area contributed by atoms with Gasteiger partial charge in [0, 0.05) is 0 Å². The van der Waals surface area contributed by atoms with Crippen LogP contribution >= 0.6 is 15.9 Å². The zero-order valence-electron chi connectivity index (χ0n) is 6.47. The third-order valence-electron chi connectivity index (χ3n) is 1.43. The second-order valence-electron chi connectivity index (χ2n) is 2.30. The lowest BCUT2D eigenvalue weighted by molar-refractivity contribution is 0.0681. The van der Waals surface area contributed by atoms with Crippen molar-refractivity contribution in [2.45, 2.75) is 6.43 Å². The molecule has 0 aliphatic carbocycles. The molecule has 0 unspecified atom stereocenters. The lowest BCUT2D eigenvalue weighted by atomic mass is 10.1. The zero-order valence-corrected chi connectivity index (χ0v) is 8.06. The summed E-state index contributed by atoms with van der Waals surface area (Å²) in [5.41, 5.74) is -1.99. The highest BCUT2D eigenvalue weighted by molar-refractivity contribution is 9.10. The van der Waals surface area contributed by atoms with Crippen LogP contribution in [0.4, 0.5) is 13.2 Å². The van der Waals surface area contributed by atoms with Crippen LogP contribution in [0.15, 0.2) is 10.7 Å². The fourth-order valence-electron chi connectivity index (χ4n) is 0.879. The first-order valence-corrected chi connectivity index (χ1v) is 4.10. The van der Waals surface area contributed by atoms with Gasteiger partial charge in [-0.3, -0.25) is 0 Å². The van der Waals surface area contributed by atoms with Crippen molar-refractivity contribution in [2.75, 3.05) is 0 Å². The summed E-state index contributed by atoms with van der Waals surface area (Å²) in [4.78, 5) is 13.5. The Hall–Kier alpha value is -1.11. The van der Waals surface area contributed by atoms with Gasteiger partial charge in [0.1, 0.15) is 4.60 Å². The molecular weight excluding hydrogens is 267 g/mol. The molecule has 1 N–H and O–H groups in total. The Morgan fingerprint density at radius 2 is 2.14 bits per heavy atom. The monoisotopic (exact) mass is 269 g/mol. The van der Waals surface area contributed by atoms with Crippen LogP contribution in [0.25, 0.3) is 0 Å². The molecule has 0 bridgehead atoms. The Balaban J connectivity index is 3.44. The van der Waals surface area contributed by atoms with Crippen molar-refractivity contribution in [3.05, 3.63) is 27.7 Å². The number of carboxylic acid groups (broad SMARTS) is 1. The van der Waals surface area contributed by atoms with E-state index in [9.17, 15) is 18.0 Å². The van der Waals surface area contributed by atoms with Gasteiger partial charge in [-0.05, 0) is 22.0 Å². The van der Waals surface area contributed by atoms with Crippen LogP contribution in [0.3, 0.4) is 0 Å². The van der Waals surface area contributed by atoms with E-state index in [0.717, 1.165) is 6.07 Å². The van der Waals surface area contributed by atoms with Gasteiger partial charge in [-0.1, -0.05) is 0 Å². The molecule has 1 aromatic rings. The molecule has 0 saturated heterocycles. The van der Waals surface area contributed by atoms with E-state index in [0.29, 0.717) is 0 Å². The lowest BCUT2D eigenvalue weighted by Crippen LogP contribution is -2.07. The van der Waals surface area contributed by atoms with E-state index in [1.165, 1.54) is 0 Å². The zero-order chi connectivity index (χ0) is 10.9. The number of hydrogen-bond acceptors (Lipinski definition) is 2. The predicted molar refractivity (Wildman–Crippen MR) is 43.8 cm³/mol. The van der Waals surface area contributed by atoms with E-state index in [-0.39, 0.29) is 4.60 Å². The fraction of sp³-hybridized carbons (Fsp3) is 0.143. The molecule has 1 rings (SSSR count). The number of nitrogens with zero attached hydrogens (tertiary/aromatic N) is 1. The fourth-order valence-corrected chi connectivity index (χ4v) is 1.26. The lowest BCUT2D eigenvalue weighted by Gasteiger charge is -2.05. The minimum absolute atomic E-state index is 0.142. The number of rotatable bonds is 2. The van der Waals surface area contributed by atoms with Gasteiger partial charge in [-0.25, -0.2) is 18.6 Å². The van der Waals surface area contributed by atoms with Crippen molar-refractivity contribution < 1.29 is 23.1 Å². The standard InChI is InChI=1S/C7H3BrF3NO2/c8-3-1-2(7(13)14)4(5(9)10)6(11)12-3/h1,5H,(H,13,14).